The van der Waals surface area contributed by atoms with Gasteiger partial charge in [0.2, 0.25) is 0 Å². The quantitative estimate of drug-likeness (QED) is 0.113. The number of ether oxygens (including phenoxy) is 1. The van der Waals surface area contributed by atoms with Crippen LogP contribution in [0, 0.1) is 0 Å². The summed E-state index contributed by atoms with van der Waals surface area (Å²) in [7, 11) is -3.61. The van der Waals surface area contributed by atoms with Gasteiger partial charge >= 0.3 is 0 Å². The smallest absolute Gasteiger partial charge is 0.192 e. The molecule has 1 rings (SSSR count). The van der Waals surface area contributed by atoms with Crippen molar-refractivity contribution in [2.75, 3.05) is 13.2 Å². The van der Waals surface area contributed by atoms with Crippen LogP contribution in [0.2, 0.25) is 36.3 Å². The molecule has 0 aliphatic carbocycles. The number of hydrogen-bond donors (Lipinski definition) is 0. The molecule has 0 spiro atoms. The Morgan fingerprint density at radius 3 is 1.94 bits per heavy atom. The first-order valence-corrected chi connectivity index (χ1v) is 20.1. The van der Waals surface area contributed by atoms with E-state index in [2.05, 4.69) is 104 Å². The van der Waals surface area contributed by atoms with Crippen LogP contribution in [-0.4, -0.2) is 36.0 Å². The molecule has 0 aliphatic heterocycles. The van der Waals surface area contributed by atoms with Gasteiger partial charge in [-0.3, -0.25) is 0 Å². The van der Waals surface area contributed by atoms with E-state index in [-0.39, 0.29) is 16.2 Å². The minimum absolute atomic E-state index is 0.181. The van der Waals surface area contributed by atoms with Gasteiger partial charge < -0.3 is 13.6 Å². The highest BCUT2D eigenvalue weighted by atomic mass is 28.4. The Hall–Kier alpha value is -0.726. The summed E-state index contributed by atoms with van der Waals surface area (Å²) >= 11 is 0. The summed E-state index contributed by atoms with van der Waals surface area (Å²) in [5, 5.41) is 0.438. The molecule has 0 heterocycles. The van der Waals surface area contributed by atoms with Gasteiger partial charge in [-0.05, 0) is 73.9 Å². The molecule has 0 unspecified atom stereocenters. The maximum Gasteiger partial charge on any atom is 0.192 e. The summed E-state index contributed by atoms with van der Waals surface area (Å²) in [6.45, 7) is 25.6. The van der Waals surface area contributed by atoms with Crippen LogP contribution in [0.5, 0.6) is 0 Å². The summed E-state index contributed by atoms with van der Waals surface area (Å²) < 4.78 is 19.2. The van der Waals surface area contributed by atoms with Crippen LogP contribution in [0.25, 0.3) is 0 Å². The molecule has 0 saturated heterocycles. The Morgan fingerprint density at radius 1 is 0.750 bits per heavy atom. The number of rotatable bonds is 17. The summed E-state index contributed by atoms with van der Waals surface area (Å²) in [6, 6.07) is 10.4. The van der Waals surface area contributed by atoms with E-state index in [0.717, 1.165) is 39.1 Å². The Balaban J connectivity index is 2.33. The van der Waals surface area contributed by atoms with Crippen molar-refractivity contribution < 1.29 is 13.6 Å². The largest absolute Gasteiger partial charge is 0.414 e. The van der Waals surface area contributed by atoms with Crippen LogP contribution in [0.15, 0.2) is 42.5 Å². The van der Waals surface area contributed by atoms with Crippen molar-refractivity contribution in [3.8, 4) is 0 Å². The first-order valence-electron chi connectivity index (χ1n) is 14.2. The lowest BCUT2D eigenvalue weighted by Crippen LogP contribution is -2.47. The second kappa shape index (κ2) is 15.6. The van der Waals surface area contributed by atoms with Crippen LogP contribution in [-0.2, 0) is 20.2 Å². The standard InChI is InChI=1S/C31H58O3Si2/c1-30(2,3)35(7,8)33-27-29(34-36(9,10)31(4,5)6)24-20-15-13-11-12-14-16-21-25-32-26-28-22-18-17-19-23-28/h13,15,17-19,22-23,29H,11-12,14,16,20-21,24-27H2,1-10H3/b15-13+/t29-/m0/s1. The van der Waals surface area contributed by atoms with Crippen LogP contribution < -0.4 is 0 Å². The number of benzene rings is 1. The fraction of sp³-hybridized carbons (Fsp3) is 0.742. The molecule has 5 heteroatoms. The predicted molar refractivity (Wildman–Crippen MR) is 163 cm³/mol. The van der Waals surface area contributed by atoms with Gasteiger partial charge in [0.05, 0.1) is 19.3 Å². The molecule has 36 heavy (non-hydrogen) atoms. The van der Waals surface area contributed by atoms with Crippen molar-refractivity contribution in [1.82, 2.24) is 0 Å². The maximum absolute atomic E-state index is 6.82. The molecule has 208 valence electrons. The van der Waals surface area contributed by atoms with E-state index in [1.807, 2.05) is 6.07 Å². The first kappa shape index (κ1) is 33.3. The predicted octanol–water partition coefficient (Wildman–Crippen LogP) is 9.90. The van der Waals surface area contributed by atoms with E-state index >= 15 is 0 Å². The van der Waals surface area contributed by atoms with Gasteiger partial charge in [0.15, 0.2) is 16.6 Å². The molecule has 1 aromatic rings. The van der Waals surface area contributed by atoms with Gasteiger partial charge in [0, 0.05) is 6.61 Å². The second-order valence-corrected chi connectivity index (χ2v) is 22.9. The third-order valence-electron chi connectivity index (χ3n) is 8.05. The second-order valence-electron chi connectivity index (χ2n) is 13.4. The van der Waals surface area contributed by atoms with Gasteiger partial charge in [-0.1, -0.05) is 96.9 Å². The lowest BCUT2D eigenvalue weighted by molar-refractivity contribution is 0.101. The lowest BCUT2D eigenvalue weighted by atomic mass is 10.1. The third kappa shape index (κ3) is 13.2. The molecule has 0 aromatic heterocycles. The van der Waals surface area contributed by atoms with Crippen molar-refractivity contribution >= 4 is 16.6 Å². The summed E-state index contributed by atoms with van der Waals surface area (Å²) in [5.41, 5.74) is 1.26. The number of hydrogen-bond acceptors (Lipinski definition) is 3. The highest BCUT2D eigenvalue weighted by molar-refractivity contribution is 6.74. The molecular formula is C31H58O3Si2. The van der Waals surface area contributed by atoms with Gasteiger partial charge in [-0.15, -0.1) is 0 Å². The van der Waals surface area contributed by atoms with Gasteiger partial charge in [0.1, 0.15) is 0 Å². The molecule has 0 bridgehead atoms. The average molecular weight is 535 g/mol. The molecule has 0 saturated carbocycles. The molecule has 3 nitrogen and oxygen atoms in total. The zero-order valence-electron chi connectivity index (χ0n) is 25.4. The molecule has 0 amide bonds. The SMILES string of the molecule is CC(C)(C)[Si](C)(C)OC[C@H](CC/C=C/CCCCCCOCc1ccccc1)O[Si](C)(C)C(C)(C)C. The molecule has 1 aromatic carbocycles. The molecule has 0 fully saturated rings. The fourth-order valence-electron chi connectivity index (χ4n) is 3.39. The number of unbranched alkanes of at least 4 members (excludes halogenated alkanes) is 4. The van der Waals surface area contributed by atoms with Crippen LogP contribution in [0.4, 0.5) is 0 Å². The Bertz CT molecular complexity index is 730. The van der Waals surface area contributed by atoms with Crippen LogP contribution in [0.1, 0.15) is 92.1 Å². The van der Waals surface area contributed by atoms with E-state index in [0.29, 0.717) is 0 Å². The van der Waals surface area contributed by atoms with Crippen molar-refractivity contribution in [2.24, 2.45) is 0 Å². The first-order chi connectivity index (χ1) is 16.7. The van der Waals surface area contributed by atoms with Crippen LogP contribution in [0.3, 0.4) is 0 Å². The van der Waals surface area contributed by atoms with E-state index in [1.165, 1.54) is 31.2 Å². The van der Waals surface area contributed by atoms with E-state index in [9.17, 15) is 0 Å². The summed E-state index contributed by atoms with van der Waals surface area (Å²) in [6.07, 6.45) is 13.1. The van der Waals surface area contributed by atoms with Gasteiger partial charge in [-0.2, -0.15) is 0 Å². The van der Waals surface area contributed by atoms with Gasteiger partial charge in [0.25, 0.3) is 0 Å². The highest BCUT2D eigenvalue weighted by Gasteiger charge is 2.41. The monoisotopic (exact) mass is 534 g/mol. The highest BCUT2D eigenvalue weighted by Crippen LogP contribution is 2.39. The number of allylic oxidation sites excluding steroid dienone is 2. The molecule has 0 N–H and O–H groups in total. The van der Waals surface area contributed by atoms with Crippen molar-refractivity contribution in [3.63, 3.8) is 0 Å². The van der Waals surface area contributed by atoms with E-state index < -0.39 is 16.6 Å². The van der Waals surface area contributed by atoms with Crippen molar-refractivity contribution in [1.29, 1.82) is 0 Å². The topological polar surface area (TPSA) is 27.7 Å². The molecular weight excluding hydrogens is 477 g/mol. The Kier molecular flexibility index (Phi) is 14.5. The molecule has 1 atom stereocenters. The maximum atomic E-state index is 6.82. The lowest BCUT2D eigenvalue weighted by Gasteiger charge is -2.41. The minimum Gasteiger partial charge on any atom is -0.414 e. The Labute approximate surface area is 226 Å². The zero-order chi connectivity index (χ0) is 27.3. The van der Waals surface area contributed by atoms with Crippen molar-refractivity contribution in [2.45, 2.75) is 135 Å². The normalized spacial score (nSPS) is 14.5. The van der Waals surface area contributed by atoms with E-state index in [1.54, 1.807) is 0 Å². The van der Waals surface area contributed by atoms with Crippen molar-refractivity contribution in [3.05, 3.63) is 48.0 Å². The minimum atomic E-state index is -1.83. The zero-order valence-corrected chi connectivity index (χ0v) is 27.4. The van der Waals surface area contributed by atoms with Gasteiger partial charge in [-0.25, -0.2) is 0 Å². The Morgan fingerprint density at radius 2 is 1.33 bits per heavy atom. The molecule has 0 aliphatic rings. The summed E-state index contributed by atoms with van der Waals surface area (Å²) in [4.78, 5) is 0. The van der Waals surface area contributed by atoms with Crippen LogP contribution >= 0.6 is 0 Å². The summed E-state index contributed by atoms with van der Waals surface area (Å²) in [5.74, 6) is 0. The molecule has 0 radical (unpaired) electrons. The fourth-order valence-corrected chi connectivity index (χ4v) is 5.80. The average Bonchev–Trinajstić information content (AvgIpc) is 2.77. The van der Waals surface area contributed by atoms with E-state index in [4.69, 9.17) is 13.6 Å². The third-order valence-corrected chi connectivity index (χ3v) is 17.1.